The molecule has 1 N–H and O–H groups in total. The molecule has 17 heavy (non-hydrogen) atoms. The van der Waals surface area contributed by atoms with Crippen LogP contribution in [-0.4, -0.2) is 41.3 Å². The van der Waals surface area contributed by atoms with Crippen LogP contribution in [0.5, 0.6) is 0 Å². The molecule has 0 radical (unpaired) electrons. The quantitative estimate of drug-likeness (QED) is 0.824. The fourth-order valence-electron chi connectivity index (χ4n) is 1.77. The Morgan fingerprint density at radius 1 is 1.41 bits per heavy atom. The van der Waals surface area contributed by atoms with Crippen molar-refractivity contribution in [2.24, 2.45) is 5.41 Å². The van der Waals surface area contributed by atoms with Crippen molar-refractivity contribution >= 4 is 12.1 Å². The number of likely N-dealkylation sites (tertiary alicyclic amines) is 1. The standard InChI is InChI=1S/C12H21NO4/c1-12(2,3)6-8-17-11(16)13-7-4-5-9(13)10(14)15/h9H,4-8H2,1-3H3,(H,14,15). The summed E-state index contributed by atoms with van der Waals surface area (Å²) in [6, 6.07) is -0.711. The van der Waals surface area contributed by atoms with E-state index in [0.717, 1.165) is 12.8 Å². The van der Waals surface area contributed by atoms with Crippen LogP contribution in [0.15, 0.2) is 0 Å². The predicted molar refractivity (Wildman–Crippen MR) is 62.8 cm³/mol. The van der Waals surface area contributed by atoms with E-state index in [2.05, 4.69) is 20.8 Å². The molecule has 1 heterocycles. The molecule has 0 aromatic rings. The van der Waals surface area contributed by atoms with E-state index in [-0.39, 0.29) is 5.41 Å². The molecule has 1 amide bonds. The lowest BCUT2D eigenvalue weighted by Gasteiger charge is -2.22. The molecule has 0 aromatic carbocycles. The number of ether oxygens (including phenoxy) is 1. The third kappa shape index (κ3) is 4.24. The van der Waals surface area contributed by atoms with Crippen molar-refractivity contribution in [3.05, 3.63) is 0 Å². The maximum absolute atomic E-state index is 11.7. The number of nitrogens with zero attached hydrogens (tertiary/aromatic N) is 1. The van der Waals surface area contributed by atoms with Gasteiger partial charge < -0.3 is 9.84 Å². The summed E-state index contributed by atoms with van der Waals surface area (Å²) in [5, 5.41) is 8.94. The molecular weight excluding hydrogens is 222 g/mol. The third-order valence-corrected chi connectivity index (χ3v) is 2.85. The molecular formula is C12H21NO4. The van der Waals surface area contributed by atoms with E-state index in [1.165, 1.54) is 4.90 Å². The van der Waals surface area contributed by atoms with Gasteiger partial charge >= 0.3 is 12.1 Å². The van der Waals surface area contributed by atoms with Gasteiger partial charge in [-0.15, -0.1) is 0 Å². The molecule has 1 atom stereocenters. The summed E-state index contributed by atoms with van der Waals surface area (Å²) in [5.41, 5.74) is 0.109. The molecule has 1 saturated heterocycles. The zero-order chi connectivity index (χ0) is 13.1. The second-order valence-electron chi connectivity index (χ2n) is 5.61. The van der Waals surface area contributed by atoms with E-state index < -0.39 is 18.1 Å². The number of amides is 1. The normalized spacial score (nSPS) is 20.4. The Balaban J connectivity index is 2.40. The molecule has 0 spiro atoms. The van der Waals surface area contributed by atoms with Crippen molar-refractivity contribution in [2.45, 2.75) is 46.1 Å². The minimum Gasteiger partial charge on any atom is -0.480 e. The van der Waals surface area contributed by atoms with Gasteiger partial charge in [0.2, 0.25) is 0 Å². The van der Waals surface area contributed by atoms with Crippen LogP contribution in [0.25, 0.3) is 0 Å². The van der Waals surface area contributed by atoms with Crippen LogP contribution >= 0.6 is 0 Å². The molecule has 1 fully saturated rings. The van der Waals surface area contributed by atoms with Gasteiger partial charge in [0.25, 0.3) is 0 Å². The number of aliphatic carboxylic acids is 1. The Morgan fingerprint density at radius 2 is 2.06 bits per heavy atom. The predicted octanol–water partition coefficient (Wildman–Crippen LogP) is 2.11. The minimum atomic E-state index is -0.949. The van der Waals surface area contributed by atoms with Gasteiger partial charge in [-0.1, -0.05) is 20.8 Å². The number of rotatable bonds is 3. The molecule has 1 aliphatic heterocycles. The van der Waals surface area contributed by atoms with E-state index in [9.17, 15) is 9.59 Å². The van der Waals surface area contributed by atoms with E-state index in [1.807, 2.05) is 0 Å². The monoisotopic (exact) mass is 243 g/mol. The van der Waals surface area contributed by atoms with Crippen molar-refractivity contribution < 1.29 is 19.4 Å². The van der Waals surface area contributed by atoms with Gasteiger partial charge in [-0.25, -0.2) is 9.59 Å². The summed E-state index contributed by atoms with van der Waals surface area (Å²) in [5.74, 6) is -0.949. The fourth-order valence-corrected chi connectivity index (χ4v) is 1.77. The molecule has 98 valence electrons. The molecule has 0 aliphatic carbocycles. The van der Waals surface area contributed by atoms with Crippen LogP contribution < -0.4 is 0 Å². The molecule has 1 aliphatic rings. The summed E-state index contributed by atoms with van der Waals surface area (Å²) in [6.45, 7) is 7.01. The van der Waals surface area contributed by atoms with Gasteiger partial charge in [0.15, 0.2) is 0 Å². The van der Waals surface area contributed by atoms with Gasteiger partial charge in [0.1, 0.15) is 6.04 Å². The van der Waals surface area contributed by atoms with Gasteiger partial charge in [0, 0.05) is 6.54 Å². The van der Waals surface area contributed by atoms with Crippen molar-refractivity contribution in [1.82, 2.24) is 4.90 Å². The number of hydrogen-bond acceptors (Lipinski definition) is 3. The smallest absolute Gasteiger partial charge is 0.410 e. The highest BCUT2D eigenvalue weighted by Gasteiger charge is 2.34. The first-order valence-corrected chi connectivity index (χ1v) is 5.97. The topological polar surface area (TPSA) is 66.8 Å². The van der Waals surface area contributed by atoms with E-state index >= 15 is 0 Å². The van der Waals surface area contributed by atoms with Gasteiger partial charge in [0.05, 0.1) is 6.61 Å². The van der Waals surface area contributed by atoms with Gasteiger partial charge in [-0.2, -0.15) is 0 Å². The summed E-state index contributed by atoms with van der Waals surface area (Å²) in [7, 11) is 0. The summed E-state index contributed by atoms with van der Waals surface area (Å²) in [4.78, 5) is 23.9. The van der Waals surface area contributed by atoms with Crippen LogP contribution in [-0.2, 0) is 9.53 Å². The second-order valence-corrected chi connectivity index (χ2v) is 5.61. The Labute approximate surface area is 102 Å². The van der Waals surface area contributed by atoms with Crippen LogP contribution in [0.3, 0.4) is 0 Å². The average molecular weight is 243 g/mol. The van der Waals surface area contributed by atoms with E-state index in [4.69, 9.17) is 9.84 Å². The van der Waals surface area contributed by atoms with Crippen LogP contribution in [0, 0.1) is 5.41 Å². The number of hydrogen-bond donors (Lipinski definition) is 1. The molecule has 1 unspecified atom stereocenters. The Kier molecular flexibility index (Phi) is 4.37. The van der Waals surface area contributed by atoms with E-state index in [1.54, 1.807) is 0 Å². The lowest BCUT2D eigenvalue weighted by molar-refractivity contribution is -0.141. The zero-order valence-electron chi connectivity index (χ0n) is 10.7. The number of carbonyl (C=O) groups excluding carboxylic acids is 1. The van der Waals surface area contributed by atoms with E-state index in [0.29, 0.717) is 19.6 Å². The molecule has 0 aromatic heterocycles. The first-order valence-electron chi connectivity index (χ1n) is 5.97. The minimum absolute atomic E-state index is 0.109. The summed E-state index contributed by atoms with van der Waals surface area (Å²) >= 11 is 0. The fraction of sp³-hybridized carbons (Fsp3) is 0.833. The number of carboxylic acid groups (broad SMARTS) is 1. The number of carboxylic acids is 1. The summed E-state index contributed by atoms with van der Waals surface area (Å²) in [6.07, 6.45) is 1.51. The lowest BCUT2D eigenvalue weighted by Crippen LogP contribution is -2.41. The van der Waals surface area contributed by atoms with Crippen LogP contribution in [0.2, 0.25) is 0 Å². The van der Waals surface area contributed by atoms with Crippen molar-refractivity contribution in [3.63, 3.8) is 0 Å². The highest BCUT2D eigenvalue weighted by atomic mass is 16.6. The average Bonchev–Trinajstić information content (AvgIpc) is 2.63. The first kappa shape index (κ1) is 13.8. The Bertz CT molecular complexity index is 295. The third-order valence-electron chi connectivity index (χ3n) is 2.85. The zero-order valence-corrected chi connectivity index (χ0v) is 10.7. The maximum atomic E-state index is 11.7. The highest BCUT2D eigenvalue weighted by molar-refractivity contribution is 5.80. The summed E-state index contributed by atoms with van der Waals surface area (Å²) < 4.78 is 5.11. The molecule has 1 rings (SSSR count). The maximum Gasteiger partial charge on any atom is 0.410 e. The first-order chi connectivity index (χ1) is 7.81. The molecule has 0 saturated carbocycles. The molecule has 5 nitrogen and oxygen atoms in total. The van der Waals surface area contributed by atoms with Crippen molar-refractivity contribution in [1.29, 1.82) is 0 Å². The van der Waals surface area contributed by atoms with Crippen molar-refractivity contribution in [3.8, 4) is 0 Å². The van der Waals surface area contributed by atoms with Crippen molar-refractivity contribution in [2.75, 3.05) is 13.2 Å². The second kappa shape index (κ2) is 5.38. The van der Waals surface area contributed by atoms with Gasteiger partial charge in [-0.05, 0) is 24.7 Å². The van der Waals surface area contributed by atoms with Crippen LogP contribution in [0.1, 0.15) is 40.0 Å². The largest absolute Gasteiger partial charge is 0.480 e. The number of carbonyl (C=O) groups is 2. The van der Waals surface area contributed by atoms with Gasteiger partial charge in [-0.3, -0.25) is 4.90 Å². The highest BCUT2D eigenvalue weighted by Crippen LogP contribution is 2.20. The molecule has 0 bridgehead atoms. The Morgan fingerprint density at radius 3 is 2.59 bits per heavy atom. The SMILES string of the molecule is CC(C)(C)CCOC(=O)N1CCCC1C(=O)O. The lowest BCUT2D eigenvalue weighted by atomic mass is 9.93. The Hall–Kier alpha value is -1.26. The molecule has 5 heteroatoms. The van der Waals surface area contributed by atoms with Crippen LogP contribution in [0.4, 0.5) is 4.79 Å².